The third-order valence-electron chi connectivity index (χ3n) is 3.66. The number of rotatable bonds is 4. The summed E-state index contributed by atoms with van der Waals surface area (Å²) in [5.41, 5.74) is -0.575. The van der Waals surface area contributed by atoms with Gasteiger partial charge < -0.3 is 15.2 Å². The molecule has 114 valence electrons. The van der Waals surface area contributed by atoms with Crippen molar-refractivity contribution in [1.29, 1.82) is 0 Å². The summed E-state index contributed by atoms with van der Waals surface area (Å²) in [5, 5.41) is 12.6. The molecule has 2 rings (SSSR count). The van der Waals surface area contributed by atoms with Gasteiger partial charge in [0.2, 0.25) is 0 Å². The Morgan fingerprint density at radius 3 is 2.67 bits per heavy atom. The molecule has 0 spiro atoms. The lowest BCUT2D eigenvalue weighted by Crippen LogP contribution is -2.46. The van der Waals surface area contributed by atoms with Gasteiger partial charge in [0, 0.05) is 29.3 Å². The molecule has 1 amide bonds. The van der Waals surface area contributed by atoms with Crippen LogP contribution < -0.4 is 5.32 Å². The molecule has 21 heavy (non-hydrogen) atoms. The van der Waals surface area contributed by atoms with Crippen molar-refractivity contribution in [2.24, 2.45) is 5.41 Å². The van der Waals surface area contributed by atoms with Crippen LogP contribution in [0.15, 0.2) is 22.7 Å². The quantitative estimate of drug-likeness (QED) is 0.847. The summed E-state index contributed by atoms with van der Waals surface area (Å²) in [5.74, 6) is -1.26. The van der Waals surface area contributed by atoms with Gasteiger partial charge in [0.15, 0.2) is 0 Å². The molecule has 1 aliphatic rings. The maximum atomic E-state index is 12.2. The number of amides is 1. The van der Waals surface area contributed by atoms with E-state index in [0.717, 1.165) is 0 Å². The van der Waals surface area contributed by atoms with E-state index in [4.69, 9.17) is 16.3 Å². The lowest BCUT2D eigenvalue weighted by molar-refractivity contribution is -0.154. The summed E-state index contributed by atoms with van der Waals surface area (Å²) in [4.78, 5) is 23.7. The lowest BCUT2D eigenvalue weighted by Gasteiger charge is -2.33. The van der Waals surface area contributed by atoms with Crippen LogP contribution in [0.5, 0.6) is 0 Å². The first-order valence-electron chi connectivity index (χ1n) is 6.49. The zero-order valence-corrected chi connectivity index (χ0v) is 13.5. The van der Waals surface area contributed by atoms with Gasteiger partial charge in [-0.05, 0) is 47.0 Å². The van der Waals surface area contributed by atoms with Gasteiger partial charge in [-0.2, -0.15) is 0 Å². The average molecular weight is 377 g/mol. The number of hydrogen-bond acceptors (Lipinski definition) is 3. The third-order valence-corrected chi connectivity index (χ3v) is 4.59. The zero-order chi connectivity index (χ0) is 15.5. The van der Waals surface area contributed by atoms with Gasteiger partial charge in [-0.3, -0.25) is 9.59 Å². The average Bonchev–Trinajstić information content (AvgIpc) is 2.48. The molecule has 0 atom stereocenters. The van der Waals surface area contributed by atoms with Crippen molar-refractivity contribution >= 4 is 39.4 Å². The number of halogens is 2. The topological polar surface area (TPSA) is 75.6 Å². The van der Waals surface area contributed by atoms with Crippen molar-refractivity contribution in [2.75, 3.05) is 19.8 Å². The van der Waals surface area contributed by atoms with Crippen LogP contribution in [0.1, 0.15) is 23.2 Å². The molecule has 1 heterocycles. The van der Waals surface area contributed by atoms with Crippen molar-refractivity contribution in [3.63, 3.8) is 0 Å². The molecule has 0 aromatic heterocycles. The van der Waals surface area contributed by atoms with Gasteiger partial charge >= 0.3 is 5.97 Å². The Bertz CT molecular complexity index is 558. The maximum absolute atomic E-state index is 12.2. The predicted octanol–water partition coefficient (Wildman–Crippen LogP) is 2.71. The molecule has 2 N–H and O–H groups in total. The first-order valence-corrected chi connectivity index (χ1v) is 7.66. The van der Waals surface area contributed by atoms with Gasteiger partial charge in [0.25, 0.3) is 5.91 Å². The first kappa shape index (κ1) is 16.3. The van der Waals surface area contributed by atoms with E-state index in [9.17, 15) is 14.7 Å². The third kappa shape index (κ3) is 3.75. The highest BCUT2D eigenvalue weighted by Crippen LogP contribution is 2.30. The van der Waals surface area contributed by atoms with Crippen molar-refractivity contribution in [2.45, 2.75) is 12.8 Å². The predicted molar refractivity (Wildman–Crippen MR) is 81.6 cm³/mol. The van der Waals surface area contributed by atoms with Crippen LogP contribution in [0.2, 0.25) is 5.02 Å². The fourth-order valence-corrected chi connectivity index (χ4v) is 2.84. The molecule has 0 radical (unpaired) electrons. The highest BCUT2D eigenvalue weighted by molar-refractivity contribution is 9.10. The van der Waals surface area contributed by atoms with Gasteiger partial charge in [-0.25, -0.2) is 0 Å². The Balaban J connectivity index is 2.08. The summed E-state index contributed by atoms with van der Waals surface area (Å²) < 4.78 is 5.81. The number of carboxylic acid groups (broad SMARTS) is 1. The zero-order valence-electron chi connectivity index (χ0n) is 11.2. The molecule has 0 unspecified atom stereocenters. The molecular weight excluding hydrogens is 362 g/mol. The van der Waals surface area contributed by atoms with Crippen LogP contribution in [0.4, 0.5) is 0 Å². The summed E-state index contributed by atoms with van der Waals surface area (Å²) in [7, 11) is 0. The number of benzene rings is 1. The summed E-state index contributed by atoms with van der Waals surface area (Å²) in [6.45, 7) is 0.857. The Morgan fingerprint density at radius 1 is 1.38 bits per heavy atom. The molecular formula is C14H15BrClNO4. The number of ether oxygens (including phenoxy) is 1. The van der Waals surface area contributed by atoms with E-state index in [0.29, 0.717) is 41.1 Å². The van der Waals surface area contributed by atoms with Crippen LogP contribution in [0.3, 0.4) is 0 Å². The second-order valence-electron chi connectivity index (χ2n) is 5.00. The standard InChI is InChI=1S/C14H15BrClNO4/c15-11-2-1-9(16)7-10(11)12(18)17-8-14(13(19)20)3-5-21-6-4-14/h1-2,7H,3-6,8H2,(H,17,18)(H,19,20). The van der Waals surface area contributed by atoms with Gasteiger partial charge in [0.05, 0.1) is 11.0 Å². The normalized spacial score (nSPS) is 17.2. The number of aliphatic carboxylic acids is 1. The van der Waals surface area contributed by atoms with Crippen LogP contribution in [-0.2, 0) is 9.53 Å². The van der Waals surface area contributed by atoms with Crippen molar-refractivity contribution in [1.82, 2.24) is 5.32 Å². The Hall–Kier alpha value is -1.11. The molecule has 7 heteroatoms. The van der Waals surface area contributed by atoms with E-state index >= 15 is 0 Å². The minimum Gasteiger partial charge on any atom is -0.481 e. The molecule has 1 aromatic carbocycles. The Kier molecular flexibility index (Phi) is 5.24. The van der Waals surface area contributed by atoms with E-state index < -0.39 is 11.4 Å². The second-order valence-corrected chi connectivity index (χ2v) is 6.30. The fraction of sp³-hybridized carbons (Fsp3) is 0.429. The van der Waals surface area contributed by atoms with E-state index in [1.54, 1.807) is 18.2 Å². The number of nitrogens with one attached hydrogen (secondary N) is 1. The number of carbonyl (C=O) groups is 2. The van der Waals surface area contributed by atoms with Crippen molar-refractivity contribution < 1.29 is 19.4 Å². The largest absolute Gasteiger partial charge is 0.481 e. The minimum absolute atomic E-state index is 0.0729. The van der Waals surface area contributed by atoms with Crippen molar-refractivity contribution in [3.05, 3.63) is 33.3 Å². The Morgan fingerprint density at radius 2 is 2.05 bits per heavy atom. The van der Waals surface area contributed by atoms with Gasteiger partial charge in [-0.15, -0.1) is 0 Å². The van der Waals surface area contributed by atoms with Gasteiger partial charge in [-0.1, -0.05) is 11.6 Å². The molecule has 0 bridgehead atoms. The summed E-state index contributed by atoms with van der Waals surface area (Å²) in [6.07, 6.45) is 0.776. The molecule has 1 aliphatic heterocycles. The number of carbonyl (C=O) groups excluding carboxylic acids is 1. The smallest absolute Gasteiger partial charge is 0.311 e. The second kappa shape index (κ2) is 6.77. The number of carboxylic acids is 1. The molecule has 1 fully saturated rings. The maximum Gasteiger partial charge on any atom is 0.311 e. The molecule has 5 nitrogen and oxygen atoms in total. The monoisotopic (exact) mass is 375 g/mol. The van der Waals surface area contributed by atoms with Crippen LogP contribution in [0.25, 0.3) is 0 Å². The van der Waals surface area contributed by atoms with E-state index in [-0.39, 0.29) is 12.5 Å². The molecule has 0 saturated carbocycles. The summed E-state index contributed by atoms with van der Waals surface area (Å²) in [6, 6.07) is 4.89. The Labute approximate surface area is 135 Å². The molecule has 1 saturated heterocycles. The van der Waals surface area contributed by atoms with Crippen LogP contribution >= 0.6 is 27.5 Å². The van der Waals surface area contributed by atoms with Crippen LogP contribution in [0, 0.1) is 5.41 Å². The van der Waals surface area contributed by atoms with Crippen LogP contribution in [-0.4, -0.2) is 36.7 Å². The van der Waals surface area contributed by atoms with E-state index in [1.165, 1.54) is 0 Å². The first-order chi connectivity index (χ1) is 9.94. The highest BCUT2D eigenvalue weighted by Gasteiger charge is 2.40. The lowest BCUT2D eigenvalue weighted by atomic mass is 9.80. The van der Waals surface area contributed by atoms with Crippen molar-refractivity contribution in [3.8, 4) is 0 Å². The fourth-order valence-electron chi connectivity index (χ4n) is 2.24. The summed E-state index contributed by atoms with van der Waals surface area (Å²) >= 11 is 9.16. The molecule has 1 aromatic rings. The van der Waals surface area contributed by atoms with E-state index in [2.05, 4.69) is 21.2 Å². The number of hydrogen-bond donors (Lipinski definition) is 2. The SMILES string of the molecule is O=C(NCC1(C(=O)O)CCOCC1)c1cc(Cl)ccc1Br. The van der Waals surface area contributed by atoms with E-state index in [1.807, 2.05) is 0 Å². The highest BCUT2D eigenvalue weighted by atomic mass is 79.9. The van der Waals surface area contributed by atoms with Gasteiger partial charge in [0.1, 0.15) is 0 Å². The minimum atomic E-state index is -0.959. The molecule has 0 aliphatic carbocycles.